The highest BCUT2D eigenvalue weighted by Crippen LogP contribution is 2.26. The molecule has 1 aliphatic carbocycles. The molecule has 1 aromatic carbocycles. The molecular formula is C20H25N3O2. The van der Waals surface area contributed by atoms with E-state index in [9.17, 15) is 4.79 Å². The second kappa shape index (κ2) is 7.40. The minimum Gasteiger partial charge on any atom is -0.381 e. The Kier molecular flexibility index (Phi) is 4.83. The molecule has 4 rings (SSSR count). The maximum atomic E-state index is 12.5. The number of nitrogens with zero attached hydrogens (tertiary/aromatic N) is 2. The van der Waals surface area contributed by atoms with E-state index in [2.05, 4.69) is 34.1 Å². The van der Waals surface area contributed by atoms with E-state index in [1.54, 1.807) is 0 Å². The standard InChI is InChI=1S/C20H25N3O2/c24-20(15-10-12-25-13-11-15)21-14-19-22-17-8-4-5-9-18(17)23(19)16-6-2-1-3-7-16/h1-3,6-7,15H,4-5,8-14H2,(H,21,24). The molecule has 1 fully saturated rings. The number of benzene rings is 1. The number of aryl methyl sites for hydroxylation is 1. The van der Waals surface area contributed by atoms with Crippen LogP contribution in [0.4, 0.5) is 0 Å². The van der Waals surface area contributed by atoms with E-state index in [0.717, 1.165) is 37.2 Å². The van der Waals surface area contributed by atoms with Gasteiger partial charge in [-0.25, -0.2) is 4.98 Å². The summed E-state index contributed by atoms with van der Waals surface area (Å²) in [5.41, 5.74) is 3.65. The number of nitrogens with one attached hydrogen (secondary N) is 1. The van der Waals surface area contributed by atoms with Crippen molar-refractivity contribution in [2.75, 3.05) is 13.2 Å². The summed E-state index contributed by atoms with van der Waals surface area (Å²) in [6.45, 7) is 1.86. The summed E-state index contributed by atoms with van der Waals surface area (Å²) in [5.74, 6) is 1.14. The van der Waals surface area contributed by atoms with Gasteiger partial charge < -0.3 is 10.1 Å². The number of carbonyl (C=O) groups is 1. The summed E-state index contributed by atoms with van der Waals surface area (Å²) < 4.78 is 7.60. The van der Waals surface area contributed by atoms with Gasteiger partial charge in [-0.3, -0.25) is 9.36 Å². The maximum Gasteiger partial charge on any atom is 0.223 e. The molecule has 5 heteroatoms. The first-order valence-electron chi connectivity index (χ1n) is 9.33. The van der Waals surface area contributed by atoms with Gasteiger partial charge in [0.05, 0.1) is 12.2 Å². The van der Waals surface area contributed by atoms with Gasteiger partial charge in [-0.05, 0) is 50.7 Å². The van der Waals surface area contributed by atoms with Crippen molar-refractivity contribution in [1.82, 2.24) is 14.9 Å². The smallest absolute Gasteiger partial charge is 0.223 e. The zero-order valence-electron chi connectivity index (χ0n) is 14.5. The van der Waals surface area contributed by atoms with Crippen molar-refractivity contribution in [3.8, 4) is 5.69 Å². The highest BCUT2D eigenvalue weighted by atomic mass is 16.5. The predicted octanol–water partition coefficient (Wildman–Crippen LogP) is 2.79. The normalized spacial score (nSPS) is 17.9. The average Bonchev–Trinajstić information content (AvgIpc) is 3.06. The fourth-order valence-electron chi connectivity index (χ4n) is 3.87. The Labute approximate surface area is 148 Å². The Morgan fingerprint density at radius 2 is 1.92 bits per heavy atom. The van der Waals surface area contributed by atoms with Crippen molar-refractivity contribution in [3.63, 3.8) is 0 Å². The molecule has 5 nitrogen and oxygen atoms in total. The van der Waals surface area contributed by atoms with Crippen LogP contribution in [-0.2, 0) is 28.9 Å². The maximum absolute atomic E-state index is 12.5. The van der Waals surface area contributed by atoms with E-state index >= 15 is 0 Å². The van der Waals surface area contributed by atoms with Crippen LogP contribution in [0.5, 0.6) is 0 Å². The Morgan fingerprint density at radius 3 is 2.72 bits per heavy atom. The lowest BCUT2D eigenvalue weighted by Gasteiger charge is -2.21. The largest absolute Gasteiger partial charge is 0.381 e. The molecular weight excluding hydrogens is 314 g/mol. The van der Waals surface area contributed by atoms with Gasteiger partial charge in [0.1, 0.15) is 5.82 Å². The summed E-state index contributed by atoms with van der Waals surface area (Å²) in [7, 11) is 0. The summed E-state index contributed by atoms with van der Waals surface area (Å²) in [5, 5.41) is 3.11. The monoisotopic (exact) mass is 339 g/mol. The Hall–Kier alpha value is -2.14. The van der Waals surface area contributed by atoms with Crippen LogP contribution in [0.1, 0.15) is 42.9 Å². The number of hydrogen-bond donors (Lipinski definition) is 1. The molecule has 1 saturated heterocycles. The third-order valence-electron chi connectivity index (χ3n) is 5.23. The summed E-state index contributed by atoms with van der Waals surface area (Å²) in [6, 6.07) is 10.4. The molecule has 2 aromatic rings. The number of para-hydroxylation sites is 1. The molecule has 2 aliphatic rings. The molecule has 1 aromatic heterocycles. The van der Waals surface area contributed by atoms with Crippen molar-refractivity contribution in [1.29, 1.82) is 0 Å². The molecule has 132 valence electrons. The number of hydrogen-bond acceptors (Lipinski definition) is 3. The molecule has 1 N–H and O–H groups in total. The van der Waals surface area contributed by atoms with Crippen LogP contribution < -0.4 is 5.32 Å². The van der Waals surface area contributed by atoms with Crippen LogP contribution in [0, 0.1) is 5.92 Å². The fourth-order valence-corrected chi connectivity index (χ4v) is 3.87. The number of imidazole rings is 1. The predicted molar refractivity (Wildman–Crippen MR) is 95.6 cm³/mol. The van der Waals surface area contributed by atoms with Crippen molar-refractivity contribution in [2.24, 2.45) is 5.92 Å². The third kappa shape index (κ3) is 3.47. The van der Waals surface area contributed by atoms with Crippen LogP contribution in [0.15, 0.2) is 30.3 Å². The van der Waals surface area contributed by atoms with Crippen LogP contribution in [0.25, 0.3) is 5.69 Å². The minimum atomic E-state index is 0.0727. The lowest BCUT2D eigenvalue weighted by atomic mass is 9.99. The average molecular weight is 339 g/mol. The minimum absolute atomic E-state index is 0.0727. The van der Waals surface area contributed by atoms with Crippen LogP contribution in [-0.4, -0.2) is 28.7 Å². The fraction of sp³-hybridized carbons (Fsp3) is 0.500. The van der Waals surface area contributed by atoms with Gasteiger partial charge in [0, 0.05) is 30.5 Å². The second-order valence-electron chi connectivity index (χ2n) is 6.90. The first-order valence-corrected chi connectivity index (χ1v) is 9.33. The summed E-state index contributed by atoms with van der Waals surface area (Å²) >= 11 is 0. The van der Waals surface area contributed by atoms with Crippen LogP contribution >= 0.6 is 0 Å². The first-order chi connectivity index (χ1) is 12.3. The van der Waals surface area contributed by atoms with Gasteiger partial charge in [-0.2, -0.15) is 0 Å². The number of ether oxygens (including phenoxy) is 1. The number of carbonyl (C=O) groups excluding carboxylic acids is 1. The molecule has 25 heavy (non-hydrogen) atoms. The van der Waals surface area contributed by atoms with Crippen molar-refractivity contribution < 1.29 is 9.53 Å². The Morgan fingerprint density at radius 1 is 1.16 bits per heavy atom. The number of aromatic nitrogens is 2. The van der Waals surface area contributed by atoms with E-state index in [0.29, 0.717) is 19.8 Å². The molecule has 0 spiro atoms. The molecule has 1 aliphatic heterocycles. The summed E-state index contributed by atoms with van der Waals surface area (Å²) in [4.78, 5) is 17.3. The van der Waals surface area contributed by atoms with Gasteiger partial charge in [-0.1, -0.05) is 18.2 Å². The molecule has 0 saturated carbocycles. The highest BCUT2D eigenvalue weighted by molar-refractivity contribution is 5.78. The van der Waals surface area contributed by atoms with Gasteiger partial charge in [0.25, 0.3) is 0 Å². The van der Waals surface area contributed by atoms with E-state index in [1.165, 1.54) is 24.2 Å². The van der Waals surface area contributed by atoms with Crippen molar-refractivity contribution in [3.05, 3.63) is 47.5 Å². The molecule has 0 radical (unpaired) electrons. The molecule has 0 atom stereocenters. The summed E-state index contributed by atoms with van der Waals surface area (Å²) in [6.07, 6.45) is 6.14. The first kappa shape index (κ1) is 16.3. The van der Waals surface area contributed by atoms with Crippen LogP contribution in [0.2, 0.25) is 0 Å². The van der Waals surface area contributed by atoms with Crippen molar-refractivity contribution >= 4 is 5.91 Å². The van der Waals surface area contributed by atoms with E-state index in [1.807, 2.05) is 6.07 Å². The van der Waals surface area contributed by atoms with Crippen LogP contribution in [0.3, 0.4) is 0 Å². The topological polar surface area (TPSA) is 56.2 Å². The number of amides is 1. The van der Waals surface area contributed by atoms with Gasteiger partial charge in [0.15, 0.2) is 0 Å². The van der Waals surface area contributed by atoms with Crippen molar-refractivity contribution in [2.45, 2.75) is 45.1 Å². The third-order valence-corrected chi connectivity index (χ3v) is 5.23. The molecule has 1 amide bonds. The molecule has 0 unspecified atom stereocenters. The number of fused-ring (bicyclic) bond motifs is 1. The zero-order valence-corrected chi connectivity index (χ0v) is 14.5. The second-order valence-corrected chi connectivity index (χ2v) is 6.90. The van der Waals surface area contributed by atoms with E-state index in [4.69, 9.17) is 9.72 Å². The SMILES string of the molecule is O=C(NCc1nc2c(n1-c1ccccc1)CCCC2)C1CCOCC1. The lowest BCUT2D eigenvalue weighted by molar-refractivity contribution is -0.128. The van der Waals surface area contributed by atoms with Gasteiger partial charge >= 0.3 is 0 Å². The molecule has 2 heterocycles. The van der Waals surface area contributed by atoms with Gasteiger partial charge in [-0.15, -0.1) is 0 Å². The highest BCUT2D eigenvalue weighted by Gasteiger charge is 2.24. The van der Waals surface area contributed by atoms with E-state index in [-0.39, 0.29) is 11.8 Å². The quantitative estimate of drug-likeness (QED) is 0.932. The van der Waals surface area contributed by atoms with E-state index < -0.39 is 0 Å². The molecule has 0 bridgehead atoms. The Balaban J connectivity index is 1.56. The van der Waals surface area contributed by atoms with Gasteiger partial charge in [0.2, 0.25) is 5.91 Å². The zero-order chi connectivity index (χ0) is 17.1. The number of rotatable bonds is 4. The lowest BCUT2D eigenvalue weighted by Crippen LogP contribution is -2.34. The Bertz CT molecular complexity index is 733.